The van der Waals surface area contributed by atoms with Gasteiger partial charge in [-0.15, -0.1) is 23.2 Å². The van der Waals surface area contributed by atoms with Gasteiger partial charge in [-0.25, -0.2) is 26.9 Å². The average Bonchev–Trinajstić information content (AvgIpc) is 3.48. The van der Waals surface area contributed by atoms with E-state index in [2.05, 4.69) is 4.90 Å². The molecular weight excluding hydrogens is 736 g/mol. The predicted octanol–water partition coefficient (Wildman–Crippen LogP) is 5.69. The van der Waals surface area contributed by atoms with Gasteiger partial charge in [0.15, 0.2) is 33.0 Å². The van der Waals surface area contributed by atoms with Crippen molar-refractivity contribution in [3.8, 4) is 5.75 Å². The third-order valence-corrected chi connectivity index (χ3v) is 12.3. The highest BCUT2D eigenvalue weighted by Crippen LogP contribution is 2.66. The molecule has 3 aromatic rings. The number of imide groups is 2. The second-order valence-electron chi connectivity index (χ2n) is 13.4. The first-order valence-electron chi connectivity index (χ1n) is 16.3. The van der Waals surface area contributed by atoms with Crippen LogP contribution in [0.2, 0.25) is 0 Å². The fourth-order valence-corrected chi connectivity index (χ4v) is 9.47. The van der Waals surface area contributed by atoms with Crippen LogP contribution in [0.4, 0.5) is 39.0 Å². The summed E-state index contributed by atoms with van der Waals surface area (Å²) in [4.78, 5) is 54.5. The summed E-state index contributed by atoms with van der Waals surface area (Å²) in [5, 5.41) is 10.4. The molecular formula is C36H26Cl2F5N3O6. The number of carbonyl (C=O) groups is 4. The highest BCUT2D eigenvalue weighted by atomic mass is 35.5. The van der Waals surface area contributed by atoms with Crippen LogP contribution in [0.25, 0.3) is 0 Å². The maximum atomic E-state index is 15.2. The lowest BCUT2D eigenvalue weighted by Crippen LogP contribution is -2.60. The minimum atomic E-state index is -2.67. The molecule has 4 fully saturated rings. The zero-order valence-electron chi connectivity index (χ0n) is 26.7. The minimum absolute atomic E-state index is 0.00943. The van der Waals surface area contributed by atoms with Crippen molar-refractivity contribution >= 4 is 63.9 Å². The Kier molecular flexibility index (Phi) is 7.97. The lowest BCUT2D eigenvalue weighted by atomic mass is 9.56. The fourth-order valence-electron chi connectivity index (χ4n) is 8.53. The number of fused-ring (bicyclic) bond motifs is 4. The number of nitrogens with zero attached hydrogens (tertiary/aromatic N) is 3. The second kappa shape index (κ2) is 12.0. The van der Waals surface area contributed by atoms with Crippen LogP contribution in [0.15, 0.2) is 60.2 Å². The number of phenols is 1. The van der Waals surface area contributed by atoms with Crippen LogP contribution < -0.4 is 14.7 Å². The minimum Gasteiger partial charge on any atom is -0.508 e. The van der Waals surface area contributed by atoms with Gasteiger partial charge in [-0.2, -0.15) is 0 Å². The number of allylic oxidation sites excluding steroid dienone is 2. The normalized spacial score (nSPS) is 30.1. The Morgan fingerprint density at radius 2 is 1.37 bits per heavy atom. The number of ether oxygens (including phenoxy) is 1. The van der Waals surface area contributed by atoms with Crippen LogP contribution in [0.1, 0.15) is 24.3 Å². The van der Waals surface area contributed by atoms with Crippen LogP contribution in [-0.4, -0.2) is 64.8 Å². The Hall–Kier alpha value is -4.53. The van der Waals surface area contributed by atoms with E-state index in [1.54, 1.807) is 30.3 Å². The van der Waals surface area contributed by atoms with Crippen LogP contribution in [0.3, 0.4) is 0 Å². The smallest absolute Gasteiger partial charge is 0.258 e. The van der Waals surface area contributed by atoms with Crippen molar-refractivity contribution in [1.29, 1.82) is 0 Å². The van der Waals surface area contributed by atoms with Crippen LogP contribution in [0.5, 0.6) is 5.75 Å². The molecule has 3 aliphatic heterocycles. The van der Waals surface area contributed by atoms with Crippen molar-refractivity contribution < 1.29 is 51.0 Å². The molecule has 6 atom stereocenters. The largest absolute Gasteiger partial charge is 0.508 e. The number of hydrogen-bond acceptors (Lipinski definition) is 7. The van der Waals surface area contributed by atoms with Crippen LogP contribution >= 0.6 is 23.2 Å². The molecule has 1 N–H and O–H groups in total. The van der Waals surface area contributed by atoms with Gasteiger partial charge in [0, 0.05) is 24.7 Å². The molecule has 0 radical (unpaired) electrons. The van der Waals surface area contributed by atoms with Gasteiger partial charge < -0.3 is 14.7 Å². The number of alkyl halides is 2. The first kappa shape index (κ1) is 34.6. The average molecular weight is 763 g/mol. The van der Waals surface area contributed by atoms with Gasteiger partial charge in [-0.05, 0) is 60.7 Å². The molecule has 9 nitrogen and oxygen atoms in total. The number of amides is 4. The summed E-state index contributed by atoms with van der Waals surface area (Å²) in [5.41, 5.74) is -0.324. The highest BCUT2D eigenvalue weighted by Gasteiger charge is 2.77. The molecule has 270 valence electrons. The van der Waals surface area contributed by atoms with Crippen molar-refractivity contribution in [3.05, 3.63) is 94.8 Å². The number of hydrogen-bond donors (Lipinski definition) is 1. The van der Waals surface area contributed by atoms with Gasteiger partial charge >= 0.3 is 0 Å². The quantitative estimate of drug-likeness (QED) is 0.0910. The lowest BCUT2D eigenvalue weighted by Gasteiger charge is -2.50. The first-order chi connectivity index (χ1) is 24.7. The lowest BCUT2D eigenvalue weighted by molar-refractivity contribution is -0.125. The van der Waals surface area contributed by atoms with Gasteiger partial charge in [0.25, 0.3) is 11.8 Å². The molecule has 0 bridgehead atoms. The maximum absolute atomic E-state index is 15.2. The van der Waals surface area contributed by atoms with E-state index in [-0.39, 0.29) is 28.2 Å². The number of anilines is 3. The number of carbonyl (C=O) groups excluding carboxylic acids is 4. The molecule has 5 aliphatic rings. The molecule has 3 saturated heterocycles. The zero-order valence-corrected chi connectivity index (χ0v) is 28.2. The number of morpholine rings is 1. The number of benzene rings is 3. The second-order valence-corrected chi connectivity index (χ2v) is 14.7. The van der Waals surface area contributed by atoms with Gasteiger partial charge in [0.05, 0.1) is 30.7 Å². The Morgan fingerprint density at radius 3 is 2.00 bits per heavy atom. The summed E-state index contributed by atoms with van der Waals surface area (Å²) in [6, 6.07) is 12.2. The molecule has 3 heterocycles. The third kappa shape index (κ3) is 4.56. The number of aromatic hydroxyl groups is 1. The Bertz CT molecular complexity index is 2100. The van der Waals surface area contributed by atoms with E-state index in [4.69, 9.17) is 27.9 Å². The molecule has 16 heteroatoms. The fraction of sp³-hybridized carbons (Fsp3) is 0.333. The van der Waals surface area contributed by atoms with E-state index in [0.29, 0.717) is 32.0 Å². The SMILES string of the molecule is O=C1C2CC=C3C(CC4(Cl)C(=O)N(c5c(F)c(F)c(F)c(F)c5F)C(=O)C4(Cl)C3c3cccc(O)c3)C2C(=O)N1c1ccc(N2CCOCC2)cc1. The van der Waals surface area contributed by atoms with E-state index in [1.807, 2.05) is 0 Å². The number of halogens is 7. The summed E-state index contributed by atoms with van der Waals surface area (Å²) >= 11 is 14.2. The van der Waals surface area contributed by atoms with E-state index in [9.17, 15) is 37.5 Å². The summed E-state index contributed by atoms with van der Waals surface area (Å²) in [6.45, 7) is 2.42. The molecule has 0 aromatic heterocycles. The third-order valence-electron chi connectivity index (χ3n) is 10.9. The highest BCUT2D eigenvalue weighted by molar-refractivity contribution is 6.58. The van der Waals surface area contributed by atoms with E-state index < -0.39 is 98.2 Å². The summed E-state index contributed by atoms with van der Waals surface area (Å²) < 4.78 is 78.7. The zero-order chi connectivity index (χ0) is 37.0. The molecule has 52 heavy (non-hydrogen) atoms. The summed E-state index contributed by atoms with van der Waals surface area (Å²) in [6.07, 6.45) is 0.959. The predicted molar refractivity (Wildman–Crippen MR) is 176 cm³/mol. The molecule has 8 rings (SSSR count). The molecule has 2 aliphatic carbocycles. The summed E-state index contributed by atoms with van der Waals surface area (Å²) in [7, 11) is 0. The van der Waals surface area contributed by atoms with Gasteiger partial charge in [-0.1, -0.05) is 23.8 Å². The molecule has 4 amide bonds. The van der Waals surface area contributed by atoms with E-state index in [1.165, 1.54) is 24.3 Å². The van der Waals surface area contributed by atoms with Crippen molar-refractivity contribution in [2.75, 3.05) is 41.0 Å². The van der Waals surface area contributed by atoms with E-state index in [0.717, 1.165) is 10.6 Å². The topological polar surface area (TPSA) is 107 Å². The Labute approximate surface area is 302 Å². The van der Waals surface area contributed by atoms with Gasteiger partial charge in [-0.3, -0.25) is 24.1 Å². The molecule has 1 saturated carbocycles. The molecule has 0 spiro atoms. The van der Waals surface area contributed by atoms with Crippen LogP contribution in [-0.2, 0) is 23.9 Å². The summed E-state index contributed by atoms with van der Waals surface area (Å²) in [5.74, 6) is -21.5. The van der Waals surface area contributed by atoms with Crippen molar-refractivity contribution in [2.24, 2.45) is 17.8 Å². The number of phenolic OH excluding ortho intramolecular Hbond substituents is 1. The van der Waals surface area contributed by atoms with Gasteiger partial charge in [0.2, 0.25) is 17.6 Å². The monoisotopic (exact) mass is 761 g/mol. The van der Waals surface area contributed by atoms with Crippen molar-refractivity contribution in [2.45, 2.75) is 28.5 Å². The standard InChI is InChI=1S/C36H26Cl2F5N3O6/c37-35-15-22-20(8-9-21-23(22)32(49)45(31(21)48)18-6-4-17(5-7-18)44-10-12-52-13-11-44)24(16-2-1-3-19(47)14-16)36(35,38)34(51)46(33(35)50)30-28(42)26(40)25(39)27(41)29(30)43/h1-8,14,21-24,47H,9-13,15H2. The maximum Gasteiger partial charge on any atom is 0.258 e. The van der Waals surface area contributed by atoms with Crippen LogP contribution in [0, 0.1) is 46.8 Å². The number of rotatable bonds is 4. The Balaban J connectivity index is 1.24. The van der Waals surface area contributed by atoms with Crippen molar-refractivity contribution in [3.63, 3.8) is 0 Å². The van der Waals surface area contributed by atoms with E-state index >= 15 is 8.78 Å². The first-order valence-corrected chi connectivity index (χ1v) is 17.1. The Morgan fingerprint density at radius 1 is 0.750 bits per heavy atom. The van der Waals surface area contributed by atoms with Crippen molar-refractivity contribution in [1.82, 2.24) is 0 Å². The molecule has 3 aromatic carbocycles. The molecule has 6 unspecified atom stereocenters. The van der Waals surface area contributed by atoms with Gasteiger partial charge in [0.1, 0.15) is 11.4 Å².